The highest BCUT2D eigenvalue weighted by atomic mass is 32.2. The molecule has 1 aromatic carbocycles. The van der Waals surface area contributed by atoms with Gasteiger partial charge in [-0.3, -0.25) is 4.79 Å². The van der Waals surface area contributed by atoms with Gasteiger partial charge in [0.15, 0.2) is 11.6 Å². The van der Waals surface area contributed by atoms with Crippen LogP contribution in [0.2, 0.25) is 0 Å². The van der Waals surface area contributed by atoms with E-state index < -0.39 is 38.0 Å². The van der Waals surface area contributed by atoms with Crippen LogP contribution in [0, 0.1) is 11.6 Å². The van der Waals surface area contributed by atoms with Gasteiger partial charge < -0.3 is 10.6 Å². The average molecular weight is 333 g/mol. The molecule has 1 fully saturated rings. The van der Waals surface area contributed by atoms with Gasteiger partial charge in [-0.15, -0.1) is 0 Å². The van der Waals surface area contributed by atoms with Gasteiger partial charge in [-0.25, -0.2) is 17.2 Å². The fourth-order valence-corrected chi connectivity index (χ4v) is 3.86. The molecule has 0 spiro atoms. The van der Waals surface area contributed by atoms with Crippen LogP contribution >= 0.6 is 0 Å². The van der Waals surface area contributed by atoms with Crippen molar-refractivity contribution in [2.24, 2.45) is 5.73 Å². The van der Waals surface area contributed by atoms with E-state index >= 15 is 0 Å². The van der Waals surface area contributed by atoms with E-state index in [9.17, 15) is 22.0 Å². The molecule has 2 rings (SSSR count). The Balaban J connectivity index is 2.43. The normalized spacial score (nSPS) is 21.0. The summed E-state index contributed by atoms with van der Waals surface area (Å²) in [6.07, 6.45) is 0. The maximum atomic E-state index is 14.0. The molecule has 0 unspecified atom stereocenters. The summed E-state index contributed by atoms with van der Waals surface area (Å²) in [6.45, 7) is 2.69. The van der Waals surface area contributed by atoms with Gasteiger partial charge in [-0.05, 0) is 26.1 Å². The Kier molecular flexibility index (Phi) is 4.50. The van der Waals surface area contributed by atoms with E-state index in [1.807, 2.05) is 18.9 Å². The van der Waals surface area contributed by atoms with Crippen molar-refractivity contribution in [1.29, 1.82) is 0 Å². The number of benzene rings is 1. The molecule has 1 aromatic rings. The molecule has 1 heterocycles. The number of rotatable bonds is 3. The first kappa shape index (κ1) is 16.8. The lowest BCUT2D eigenvalue weighted by molar-refractivity contribution is 0.0995. The molecule has 2 N–H and O–H groups in total. The van der Waals surface area contributed by atoms with Crippen LogP contribution in [0.3, 0.4) is 0 Å². The van der Waals surface area contributed by atoms with Crippen molar-refractivity contribution in [3.63, 3.8) is 0 Å². The fraction of sp³-hybridized carbons (Fsp3) is 0.462. The first-order valence-corrected chi connectivity index (χ1v) is 8.08. The van der Waals surface area contributed by atoms with Gasteiger partial charge in [0, 0.05) is 25.7 Å². The van der Waals surface area contributed by atoms with Crippen LogP contribution in [-0.2, 0) is 10.0 Å². The fourth-order valence-electron chi connectivity index (χ4n) is 2.29. The van der Waals surface area contributed by atoms with E-state index in [0.717, 1.165) is 16.4 Å². The molecule has 1 aliphatic rings. The molecule has 6 nitrogen and oxygen atoms in total. The zero-order valence-corrected chi connectivity index (χ0v) is 13.0. The second kappa shape index (κ2) is 5.90. The van der Waals surface area contributed by atoms with Crippen molar-refractivity contribution >= 4 is 15.9 Å². The number of carbonyl (C=O) groups excluding carboxylic acids is 1. The summed E-state index contributed by atoms with van der Waals surface area (Å²) >= 11 is 0. The van der Waals surface area contributed by atoms with Crippen molar-refractivity contribution in [2.45, 2.75) is 17.9 Å². The lowest BCUT2D eigenvalue weighted by Crippen LogP contribution is -2.52. The van der Waals surface area contributed by atoms with Crippen LogP contribution in [-0.4, -0.2) is 56.3 Å². The quantitative estimate of drug-likeness (QED) is 0.867. The molecule has 0 aliphatic carbocycles. The Hall–Kier alpha value is -1.58. The van der Waals surface area contributed by atoms with E-state index in [2.05, 4.69) is 0 Å². The number of piperazine rings is 1. The standard InChI is InChI=1S/C13H17F2N3O3S/c1-8-7-18(6-5-17(8)2)22(20,21)10-4-3-9(13(16)19)11(14)12(10)15/h3-4,8H,5-7H2,1-2H3,(H2,16,19)/t8-/m0/s1. The molecule has 22 heavy (non-hydrogen) atoms. The zero-order valence-electron chi connectivity index (χ0n) is 12.2. The number of sulfonamides is 1. The molecular weight excluding hydrogens is 316 g/mol. The molecule has 0 bridgehead atoms. The van der Waals surface area contributed by atoms with Gasteiger partial charge in [0.25, 0.3) is 5.91 Å². The second-order valence-corrected chi connectivity index (χ2v) is 7.20. The predicted molar refractivity (Wildman–Crippen MR) is 75.7 cm³/mol. The summed E-state index contributed by atoms with van der Waals surface area (Å²) in [5, 5.41) is 0. The Morgan fingerprint density at radius 2 is 1.91 bits per heavy atom. The molecule has 1 saturated heterocycles. The minimum atomic E-state index is -4.17. The molecule has 0 saturated carbocycles. The summed E-state index contributed by atoms with van der Waals surface area (Å²) in [5.41, 5.74) is 4.23. The highest BCUT2D eigenvalue weighted by Crippen LogP contribution is 2.25. The van der Waals surface area contributed by atoms with Crippen LogP contribution in [0.5, 0.6) is 0 Å². The van der Waals surface area contributed by atoms with Gasteiger partial charge in [-0.1, -0.05) is 0 Å². The highest BCUT2D eigenvalue weighted by molar-refractivity contribution is 7.89. The Bertz CT molecular complexity index is 709. The van der Waals surface area contributed by atoms with Crippen LogP contribution in [0.25, 0.3) is 0 Å². The molecule has 1 aliphatic heterocycles. The average Bonchev–Trinajstić information content (AvgIpc) is 2.43. The molecule has 0 radical (unpaired) electrons. The number of hydrogen-bond donors (Lipinski definition) is 1. The SMILES string of the molecule is C[C@H]1CN(S(=O)(=O)c2ccc(C(N)=O)c(F)c2F)CCN1C. The third-order valence-electron chi connectivity index (χ3n) is 3.85. The minimum Gasteiger partial charge on any atom is -0.366 e. The minimum absolute atomic E-state index is 0.0404. The van der Waals surface area contributed by atoms with Crippen molar-refractivity contribution in [3.05, 3.63) is 29.3 Å². The maximum absolute atomic E-state index is 14.0. The molecule has 0 aromatic heterocycles. The summed E-state index contributed by atoms with van der Waals surface area (Å²) in [6, 6.07) is 1.71. The lowest BCUT2D eigenvalue weighted by atomic mass is 10.2. The van der Waals surface area contributed by atoms with Gasteiger partial charge >= 0.3 is 0 Å². The van der Waals surface area contributed by atoms with Crippen LogP contribution in [0.4, 0.5) is 8.78 Å². The van der Waals surface area contributed by atoms with Crippen molar-refractivity contribution in [2.75, 3.05) is 26.7 Å². The number of carbonyl (C=O) groups is 1. The van der Waals surface area contributed by atoms with E-state index in [0.29, 0.717) is 6.54 Å². The number of nitrogens with two attached hydrogens (primary N) is 1. The van der Waals surface area contributed by atoms with Crippen LogP contribution in [0.15, 0.2) is 17.0 Å². The van der Waals surface area contributed by atoms with E-state index in [-0.39, 0.29) is 19.1 Å². The molecule has 9 heteroatoms. The van der Waals surface area contributed by atoms with Gasteiger partial charge in [0.2, 0.25) is 10.0 Å². The first-order valence-electron chi connectivity index (χ1n) is 6.64. The molecule has 122 valence electrons. The van der Waals surface area contributed by atoms with Crippen LogP contribution in [0.1, 0.15) is 17.3 Å². The van der Waals surface area contributed by atoms with Crippen LogP contribution < -0.4 is 5.73 Å². The van der Waals surface area contributed by atoms with Gasteiger partial charge in [-0.2, -0.15) is 4.31 Å². The monoisotopic (exact) mass is 333 g/mol. The van der Waals surface area contributed by atoms with Gasteiger partial charge in [0.05, 0.1) is 5.56 Å². The topological polar surface area (TPSA) is 83.7 Å². The van der Waals surface area contributed by atoms with Crippen molar-refractivity contribution in [1.82, 2.24) is 9.21 Å². The Labute approximate surface area is 127 Å². The van der Waals surface area contributed by atoms with Crippen molar-refractivity contribution in [3.8, 4) is 0 Å². The largest absolute Gasteiger partial charge is 0.366 e. The molecule has 1 amide bonds. The summed E-state index contributed by atoms with van der Waals surface area (Å²) < 4.78 is 53.9. The Morgan fingerprint density at radius 3 is 2.45 bits per heavy atom. The number of halogens is 2. The Morgan fingerprint density at radius 1 is 1.27 bits per heavy atom. The maximum Gasteiger partial charge on any atom is 0.251 e. The number of amides is 1. The van der Waals surface area contributed by atoms with E-state index in [1.165, 1.54) is 0 Å². The number of primary amides is 1. The number of nitrogens with zero attached hydrogens (tertiary/aromatic N) is 2. The third kappa shape index (κ3) is 2.83. The zero-order chi connectivity index (χ0) is 16.7. The highest BCUT2D eigenvalue weighted by Gasteiger charge is 2.34. The second-order valence-electron chi connectivity index (χ2n) is 5.30. The smallest absolute Gasteiger partial charge is 0.251 e. The summed E-state index contributed by atoms with van der Waals surface area (Å²) in [5.74, 6) is -4.29. The van der Waals surface area contributed by atoms with E-state index in [4.69, 9.17) is 5.73 Å². The first-order chi connectivity index (χ1) is 10.2. The third-order valence-corrected chi connectivity index (χ3v) is 5.74. The predicted octanol–water partition coefficient (Wildman–Crippen LogP) is 0.388. The summed E-state index contributed by atoms with van der Waals surface area (Å²) in [7, 11) is -2.32. The van der Waals surface area contributed by atoms with E-state index in [1.54, 1.807) is 0 Å². The van der Waals surface area contributed by atoms with Gasteiger partial charge in [0.1, 0.15) is 4.90 Å². The van der Waals surface area contributed by atoms with Crippen molar-refractivity contribution < 1.29 is 22.0 Å². The number of hydrogen-bond acceptors (Lipinski definition) is 4. The lowest BCUT2D eigenvalue weighted by Gasteiger charge is -2.36. The number of likely N-dealkylation sites (N-methyl/N-ethyl adjacent to an activating group) is 1. The summed E-state index contributed by atoms with van der Waals surface area (Å²) in [4.78, 5) is 12.2. The molecule has 1 atom stereocenters. The molecular formula is C13H17F2N3O3S.